The fourth-order valence-corrected chi connectivity index (χ4v) is 5.80. The number of benzene rings is 1. The Morgan fingerprint density at radius 2 is 1.50 bits per heavy atom. The lowest BCUT2D eigenvalue weighted by Gasteiger charge is -2.38. The average Bonchev–Trinajstić information content (AvgIpc) is 2.90. The van der Waals surface area contributed by atoms with Gasteiger partial charge in [0.2, 0.25) is 5.91 Å². The first kappa shape index (κ1) is 30.1. The lowest BCUT2D eigenvalue weighted by atomic mass is 9.85. The van der Waals surface area contributed by atoms with E-state index in [1.807, 2.05) is 25.7 Å². The molecule has 2 aliphatic heterocycles. The van der Waals surface area contributed by atoms with Crippen LogP contribution in [0.15, 0.2) is 34.9 Å². The van der Waals surface area contributed by atoms with Crippen molar-refractivity contribution in [1.82, 2.24) is 4.90 Å². The van der Waals surface area contributed by atoms with Crippen LogP contribution in [-0.4, -0.2) is 34.6 Å². The molecule has 1 aromatic rings. The van der Waals surface area contributed by atoms with E-state index in [1.54, 1.807) is 0 Å². The minimum Gasteiger partial charge on any atom is -0.507 e. The molecule has 1 atom stereocenters. The molecule has 4 heteroatoms. The zero-order valence-electron chi connectivity index (χ0n) is 25.1. The van der Waals surface area contributed by atoms with Crippen LogP contribution in [0.2, 0.25) is 0 Å². The molecule has 3 rings (SSSR count). The summed E-state index contributed by atoms with van der Waals surface area (Å²) in [6.45, 7) is 16.5. The number of phenols is 1. The van der Waals surface area contributed by atoms with Gasteiger partial charge in [-0.25, -0.2) is 0 Å². The molecule has 1 fully saturated rings. The number of carbonyl (C=O) groups is 1. The number of hydrogen-bond donors (Lipinski definition) is 1. The molecule has 0 bridgehead atoms. The molecule has 1 amide bonds. The second-order valence-corrected chi connectivity index (χ2v) is 12.0. The Kier molecular flexibility index (Phi) is 10.7. The number of hydrogen-bond acceptors (Lipinski definition) is 3. The molecule has 0 unspecified atom stereocenters. The molecule has 0 spiro atoms. The van der Waals surface area contributed by atoms with Gasteiger partial charge in [0.15, 0.2) is 0 Å². The van der Waals surface area contributed by atoms with Gasteiger partial charge in [-0.2, -0.15) is 0 Å². The van der Waals surface area contributed by atoms with Crippen LogP contribution in [0.4, 0.5) is 0 Å². The number of piperidine rings is 1. The smallest absolute Gasteiger partial charge is 0.249 e. The summed E-state index contributed by atoms with van der Waals surface area (Å²) in [4.78, 5) is 14.6. The Morgan fingerprint density at radius 1 is 0.895 bits per heavy atom. The molecule has 0 aliphatic carbocycles. The van der Waals surface area contributed by atoms with Crippen molar-refractivity contribution < 1.29 is 14.6 Å². The normalized spacial score (nSPS) is 20.8. The van der Waals surface area contributed by atoms with Crippen molar-refractivity contribution in [2.24, 2.45) is 0 Å². The Bertz CT molecular complexity index is 1090. The molecule has 4 nitrogen and oxygen atoms in total. The van der Waals surface area contributed by atoms with Crippen molar-refractivity contribution in [3.05, 3.63) is 57.2 Å². The highest BCUT2D eigenvalue weighted by molar-refractivity contribution is 5.92. The van der Waals surface area contributed by atoms with E-state index in [2.05, 4.69) is 45.9 Å². The first-order valence-corrected chi connectivity index (χ1v) is 14.8. The molecular weight excluding hydrogens is 470 g/mol. The largest absolute Gasteiger partial charge is 0.507 e. The zero-order chi connectivity index (χ0) is 27.9. The minimum atomic E-state index is -0.165. The highest BCUT2D eigenvalue weighted by Gasteiger charge is 2.34. The third kappa shape index (κ3) is 7.77. The number of likely N-dealkylation sites (tertiary alicyclic amines) is 1. The number of ether oxygens (including phenoxy) is 1. The zero-order valence-corrected chi connectivity index (χ0v) is 25.1. The van der Waals surface area contributed by atoms with Crippen molar-refractivity contribution >= 4 is 5.91 Å². The summed E-state index contributed by atoms with van der Waals surface area (Å²) in [5, 5.41) is 10.4. The van der Waals surface area contributed by atoms with Crippen LogP contribution in [0.1, 0.15) is 114 Å². The Balaban J connectivity index is 1.41. The molecule has 0 saturated carbocycles. The third-order valence-corrected chi connectivity index (χ3v) is 8.76. The van der Waals surface area contributed by atoms with Crippen LogP contribution >= 0.6 is 0 Å². The quantitative estimate of drug-likeness (QED) is 0.248. The number of allylic oxidation sites excluding steroid dienone is 5. The SMILES string of the molecule is C/C(=C\CC/C(C)=C/CC[C@]1(C)CCc2c(C)c(O)c(C)c(C)c2O1)CC/C=C(\C)C(=O)N1CCCCC1. The van der Waals surface area contributed by atoms with E-state index in [0.717, 1.165) is 105 Å². The van der Waals surface area contributed by atoms with E-state index in [1.165, 1.54) is 23.1 Å². The summed E-state index contributed by atoms with van der Waals surface area (Å²) in [5.41, 5.74) is 7.73. The second-order valence-electron chi connectivity index (χ2n) is 12.0. The fourth-order valence-electron chi connectivity index (χ4n) is 5.80. The van der Waals surface area contributed by atoms with E-state index in [4.69, 9.17) is 4.74 Å². The predicted molar refractivity (Wildman–Crippen MR) is 159 cm³/mol. The summed E-state index contributed by atoms with van der Waals surface area (Å²) in [6, 6.07) is 0. The molecule has 210 valence electrons. The van der Waals surface area contributed by atoms with Crippen LogP contribution in [0.3, 0.4) is 0 Å². The van der Waals surface area contributed by atoms with Crippen molar-refractivity contribution in [3.8, 4) is 11.5 Å². The lowest BCUT2D eigenvalue weighted by Crippen LogP contribution is -2.37. The summed E-state index contributed by atoms with van der Waals surface area (Å²) in [7, 11) is 0. The standard InChI is InChI=1S/C34H51NO3/c1-24(16-12-18-26(3)33(37)35-22-9-8-10-23-35)14-11-15-25(2)17-13-20-34(7)21-19-30-29(6)31(36)27(4)28(5)32(30)38-34/h14,17-18,36H,8-13,15-16,19-23H2,1-7H3/b24-14+,25-17+,26-18+/t34-/m1/s1. The van der Waals surface area contributed by atoms with Gasteiger partial charge in [-0.1, -0.05) is 29.4 Å². The minimum absolute atomic E-state index is 0.165. The van der Waals surface area contributed by atoms with Crippen molar-refractivity contribution in [2.45, 2.75) is 125 Å². The summed E-state index contributed by atoms with van der Waals surface area (Å²) >= 11 is 0. The Hall–Kier alpha value is -2.49. The van der Waals surface area contributed by atoms with Gasteiger partial charge in [-0.15, -0.1) is 0 Å². The molecule has 0 radical (unpaired) electrons. The van der Waals surface area contributed by atoms with Crippen LogP contribution in [-0.2, 0) is 11.2 Å². The molecule has 1 saturated heterocycles. The maximum atomic E-state index is 12.6. The molecule has 1 N–H and O–H groups in total. The fraction of sp³-hybridized carbons (Fsp3) is 0.618. The summed E-state index contributed by atoms with van der Waals surface area (Å²) in [6.07, 6.45) is 18.4. The van der Waals surface area contributed by atoms with Gasteiger partial charge in [-0.05, 0) is 136 Å². The van der Waals surface area contributed by atoms with E-state index < -0.39 is 0 Å². The molecule has 0 aromatic heterocycles. The number of fused-ring (bicyclic) bond motifs is 1. The maximum Gasteiger partial charge on any atom is 0.249 e. The van der Waals surface area contributed by atoms with Crippen LogP contribution < -0.4 is 4.74 Å². The Morgan fingerprint density at radius 3 is 2.16 bits per heavy atom. The summed E-state index contributed by atoms with van der Waals surface area (Å²) in [5.74, 6) is 1.64. The number of amides is 1. The van der Waals surface area contributed by atoms with Gasteiger partial charge in [0, 0.05) is 24.2 Å². The van der Waals surface area contributed by atoms with E-state index >= 15 is 0 Å². The van der Waals surface area contributed by atoms with Gasteiger partial charge in [0.05, 0.1) is 0 Å². The highest BCUT2D eigenvalue weighted by atomic mass is 16.5. The van der Waals surface area contributed by atoms with Crippen molar-refractivity contribution in [3.63, 3.8) is 0 Å². The summed E-state index contributed by atoms with van der Waals surface area (Å²) < 4.78 is 6.59. The number of aromatic hydroxyl groups is 1. The van der Waals surface area contributed by atoms with Gasteiger partial charge < -0.3 is 14.7 Å². The monoisotopic (exact) mass is 521 g/mol. The average molecular weight is 522 g/mol. The molecule has 2 aliphatic rings. The first-order valence-electron chi connectivity index (χ1n) is 14.8. The van der Waals surface area contributed by atoms with Gasteiger partial charge in [-0.3, -0.25) is 4.79 Å². The Labute approximate surface area is 231 Å². The van der Waals surface area contributed by atoms with Crippen LogP contribution in [0, 0.1) is 20.8 Å². The molecule has 38 heavy (non-hydrogen) atoms. The molecular formula is C34H51NO3. The lowest BCUT2D eigenvalue weighted by molar-refractivity contribution is -0.127. The van der Waals surface area contributed by atoms with Crippen LogP contribution in [0.5, 0.6) is 11.5 Å². The molecule has 1 aromatic carbocycles. The molecule has 2 heterocycles. The van der Waals surface area contributed by atoms with Crippen LogP contribution in [0.25, 0.3) is 0 Å². The number of nitrogens with zero attached hydrogens (tertiary/aromatic N) is 1. The number of rotatable bonds is 10. The highest BCUT2D eigenvalue weighted by Crippen LogP contribution is 2.44. The predicted octanol–water partition coefficient (Wildman–Crippen LogP) is 8.59. The van der Waals surface area contributed by atoms with E-state index in [0.29, 0.717) is 5.75 Å². The third-order valence-electron chi connectivity index (χ3n) is 8.76. The van der Waals surface area contributed by atoms with E-state index in [9.17, 15) is 9.90 Å². The number of carbonyl (C=O) groups excluding carboxylic acids is 1. The van der Waals surface area contributed by atoms with E-state index in [-0.39, 0.29) is 11.5 Å². The van der Waals surface area contributed by atoms with Gasteiger partial charge >= 0.3 is 0 Å². The van der Waals surface area contributed by atoms with Crippen molar-refractivity contribution in [1.29, 1.82) is 0 Å². The second kappa shape index (κ2) is 13.5. The number of phenolic OH excluding ortho intramolecular Hbond substituents is 1. The van der Waals surface area contributed by atoms with Crippen molar-refractivity contribution in [2.75, 3.05) is 13.1 Å². The maximum absolute atomic E-state index is 12.6. The first-order chi connectivity index (χ1) is 18.0. The van der Waals surface area contributed by atoms with Gasteiger partial charge in [0.1, 0.15) is 17.1 Å². The van der Waals surface area contributed by atoms with Gasteiger partial charge in [0.25, 0.3) is 0 Å². The topological polar surface area (TPSA) is 49.8 Å².